The molecule has 7 heteroatoms. The Morgan fingerprint density at radius 2 is 1.84 bits per heavy atom. The van der Waals surface area contributed by atoms with Crippen molar-refractivity contribution in [1.29, 1.82) is 0 Å². The van der Waals surface area contributed by atoms with Gasteiger partial charge in [-0.15, -0.1) is 0 Å². The summed E-state index contributed by atoms with van der Waals surface area (Å²) in [5, 5.41) is 0.484. The molecule has 31 heavy (non-hydrogen) atoms. The number of aromatic nitrogens is 1. The topological polar surface area (TPSA) is 85.4 Å². The number of pyridine rings is 1. The third kappa shape index (κ3) is 4.02. The summed E-state index contributed by atoms with van der Waals surface area (Å²) in [6.07, 6.45) is 1.08. The molecule has 1 aliphatic rings. The van der Waals surface area contributed by atoms with Crippen molar-refractivity contribution >= 4 is 26.8 Å². The van der Waals surface area contributed by atoms with Gasteiger partial charge in [0.05, 0.1) is 21.9 Å². The zero-order chi connectivity index (χ0) is 22.4. The van der Waals surface area contributed by atoms with E-state index in [0.29, 0.717) is 29.5 Å². The van der Waals surface area contributed by atoms with Gasteiger partial charge in [0.2, 0.25) is 5.91 Å². The number of amides is 1. The van der Waals surface area contributed by atoms with Gasteiger partial charge in [-0.25, -0.2) is 13.1 Å². The Balaban J connectivity index is 1.70. The van der Waals surface area contributed by atoms with Crippen molar-refractivity contribution in [1.82, 2.24) is 9.71 Å². The summed E-state index contributed by atoms with van der Waals surface area (Å²) in [5.41, 5.74) is 2.19. The highest BCUT2D eigenvalue weighted by atomic mass is 32.2. The number of hydrogen-bond acceptors (Lipinski definition) is 5. The predicted molar refractivity (Wildman–Crippen MR) is 120 cm³/mol. The van der Waals surface area contributed by atoms with Crippen molar-refractivity contribution in [3.63, 3.8) is 0 Å². The molecule has 3 aromatic rings. The molecule has 0 aliphatic heterocycles. The summed E-state index contributed by atoms with van der Waals surface area (Å²) in [5.74, 6) is 0.0965. The molecule has 1 amide bonds. The maximum absolute atomic E-state index is 13.3. The molecule has 6 nitrogen and oxygen atoms in total. The second-order valence-corrected chi connectivity index (χ2v) is 10.1. The minimum Gasteiger partial charge on any atom is -0.491 e. The average molecular weight is 439 g/mol. The Kier molecular flexibility index (Phi) is 5.25. The third-order valence-electron chi connectivity index (χ3n) is 5.55. The molecule has 1 N–H and O–H groups in total. The fourth-order valence-electron chi connectivity index (χ4n) is 3.86. The normalized spacial score (nSPS) is 15.1. The van der Waals surface area contributed by atoms with Gasteiger partial charge in [-0.2, -0.15) is 0 Å². The molecule has 0 saturated heterocycles. The molecule has 1 fully saturated rings. The van der Waals surface area contributed by atoms with Crippen LogP contribution in [0.5, 0.6) is 5.75 Å². The van der Waals surface area contributed by atoms with Crippen molar-refractivity contribution in [3.8, 4) is 5.75 Å². The van der Waals surface area contributed by atoms with E-state index in [1.54, 1.807) is 24.3 Å². The lowest BCUT2D eigenvalue weighted by atomic mass is 9.93. The Bertz CT molecular complexity index is 1280. The number of rotatable bonds is 6. The first-order chi connectivity index (χ1) is 14.6. The number of ether oxygens (including phenoxy) is 1. The van der Waals surface area contributed by atoms with E-state index in [4.69, 9.17) is 4.74 Å². The molecular weight excluding hydrogens is 412 g/mol. The number of aryl methyl sites for hydroxylation is 2. The molecule has 0 atom stereocenters. The van der Waals surface area contributed by atoms with Gasteiger partial charge in [0.15, 0.2) is 0 Å². The standard InChI is InChI=1S/C24H26N2O4S/c1-15(2)30-21-11-8-16(3)14-19(21)24(12-13-24)23(27)26-31(28,29)22-7-5-6-20-18(22)10-9-17(4)25-20/h5-11,14-15H,12-13H2,1-4H3,(H,26,27). The monoisotopic (exact) mass is 438 g/mol. The molecule has 1 heterocycles. The van der Waals surface area contributed by atoms with Crippen LogP contribution in [-0.4, -0.2) is 25.4 Å². The van der Waals surface area contributed by atoms with E-state index >= 15 is 0 Å². The van der Waals surface area contributed by atoms with Gasteiger partial charge in [-0.05, 0) is 70.9 Å². The largest absolute Gasteiger partial charge is 0.491 e. The second kappa shape index (κ2) is 7.64. The van der Waals surface area contributed by atoms with Gasteiger partial charge < -0.3 is 4.74 Å². The number of nitrogens with zero attached hydrogens (tertiary/aromatic N) is 1. The van der Waals surface area contributed by atoms with Crippen molar-refractivity contribution in [3.05, 3.63) is 65.4 Å². The maximum Gasteiger partial charge on any atom is 0.264 e. The molecule has 1 saturated carbocycles. The fourth-order valence-corrected chi connectivity index (χ4v) is 5.13. The Morgan fingerprint density at radius 1 is 1.10 bits per heavy atom. The first-order valence-electron chi connectivity index (χ1n) is 10.3. The fraction of sp³-hybridized carbons (Fsp3) is 0.333. The number of nitrogens with one attached hydrogen (secondary N) is 1. The molecule has 4 rings (SSSR count). The summed E-state index contributed by atoms with van der Waals surface area (Å²) in [4.78, 5) is 17.7. The Labute approximate surface area is 182 Å². The third-order valence-corrected chi connectivity index (χ3v) is 6.93. The second-order valence-electron chi connectivity index (χ2n) is 8.46. The molecule has 1 aromatic heterocycles. The molecule has 1 aliphatic carbocycles. The molecule has 162 valence electrons. The number of carbonyl (C=O) groups excluding carboxylic acids is 1. The zero-order valence-corrected chi connectivity index (χ0v) is 18.9. The molecule has 0 unspecified atom stereocenters. The van der Waals surface area contributed by atoms with Gasteiger partial charge in [-0.1, -0.05) is 23.8 Å². The maximum atomic E-state index is 13.3. The van der Waals surface area contributed by atoms with Gasteiger partial charge in [0, 0.05) is 16.6 Å². The lowest BCUT2D eigenvalue weighted by molar-refractivity contribution is -0.121. The highest BCUT2D eigenvalue weighted by molar-refractivity contribution is 7.90. The summed E-state index contributed by atoms with van der Waals surface area (Å²) in [6.45, 7) is 7.63. The SMILES string of the molecule is Cc1ccc(OC(C)C)c(C2(C(=O)NS(=O)(=O)c3cccc4nc(C)ccc34)CC2)c1. The number of benzene rings is 2. The van der Waals surface area contributed by atoms with E-state index in [0.717, 1.165) is 16.8 Å². The van der Waals surface area contributed by atoms with E-state index in [1.807, 2.05) is 45.9 Å². The Morgan fingerprint density at radius 3 is 2.52 bits per heavy atom. The van der Waals surface area contributed by atoms with Crippen LogP contribution in [0.3, 0.4) is 0 Å². The van der Waals surface area contributed by atoms with E-state index in [-0.39, 0.29) is 11.0 Å². The zero-order valence-electron chi connectivity index (χ0n) is 18.1. The first-order valence-corrected chi connectivity index (χ1v) is 11.8. The van der Waals surface area contributed by atoms with Gasteiger partial charge in [0.25, 0.3) is 10.0 Å². The molecule has 0 radical (unpaired) electrons. The van der Waals surface area contributed by atoms with Gasteiger partial charge >= 0.3 is 0 Å². The van der Waals surface area contributed by atoms with Gasteiger partial charge in [0.1, 0.15) is 5.75 Å². The van der Waals surface area contributed by atoms with Gasteiger partial charge in [-0.3, -0.25) is 9.78 Å². The lowest BCUT2D eigenvalue weighted by Crippen LogP contribution is -2.39. The van der Waals surface area contributed by atoms with Crippen LogP contribution in [0.15, 0.2) is 53.4 Å². The average Bonchev–Trinajstić information content (AvgIpc) is 3.50. The van der Waals surface area contributed by atoms with E-state index in [9.17, 15) is 13.2 Å². The smallest absolute Gasteiger partial charge is 0.264 e. The highest BCUT2D eigenvalue weighted by Gasteiger charge is 2.54. The molecule has 2 aromatic carbocycles. The quantitative estimate of drug-likeness (QED) is 0.624. The Hall–Kier alpha value is -2.93. The van der Waals surface area contributed by atoms with Crippen LogP contribution in [0.25, 0.3) is 10.9 Å². The van der Waals surface area contributed by atoms with Crippen LogP contribution in [-0.2, 0) is 20.2 Å². The van der Waals surface area contributed by atoms with Crippen molar-refractivity contribution in [2.45, 2.75) is 57.0 Å². The molecular formula is C24H26N2O4S. The number of hydrogen-bond donors (Lipinski definition) is 1. The van der Waals surface area contributed by atoms with Crippen LogP contribution in [0.1, 0.15) is 43.5 Å². The highest BCUT2D eigenvalue weighted by Crippen LogP contribution is 2.52. The van der Waals surface area contributed by atoms with E-state index < -0.39 is 21.3 Å². The molecule has 0 spiro atoms. The van der Waals surface area contributed by atoms with Crippen LogP contribution < -0.4 is 9.46 Å². The molecule has 0 bridgehead atoms. The number of carbonyl (C=O) groups is 1. The van der Waals surface area contributed by atoms with E-state index in [1.165, 1.54) is 6.07 Å². The summed E-state index contributed by atoms with van der Waals surface area (Å²) in [7, 11) is -4.08. The number of sulfonamides is 1. The van der Waals surface area contributed by atoms with Crippen LogP contribution in [0.2, 0.25) is 0 Å². The number of fused-ring (bicyclic) bond motifs is 1. The van der Waals surface area contributed by atoms with Crippen LogP contribution in [0.4, 0.5) is 0 Å². The van der Waals surface area contributed by atoms with Crippen molar-refractivity contribution in [2.24, 2.45) is 0 Å². The summed E-state index contributed by atoms with van der Waals surface area (Å²) < 4.78 is 34.6. The van der Waals surface area contributed by atoms with Crippen molar-refractivity contribution in [2.75, 3.05) is 0 Å². The minimum atomic E-state index is -4.08. The summed E-state index contributed by atoms with van der Waals surface area (Å²) in [6, 6.07) is 14.1. The van der Waals surface area contributed by atoms with Crippen LogP contribution >= 0.6 is 0 Å². The first kappa shape index (κ1) is 21.3. The minimum absolute atomic E-state index is 0.0459. The van der Waals surface area contributed by atoms with Crippen molar-refractivity contribution < 1.29 is 17.9 Å². The van der Waals surface area contributed by atoms with Crippen LogP contribution in [0, 0.1) is 13.8 Å². The van der Waals surface area contributed by atoms with E-state index in [2.05, 4.69) is 9.71 Å². The summed E-state index contributed by atoms with van der Waals surface area (Å²) >= 11 is 0. The predicted octanol–water partition coefficient (Wildman–Crippen LogP) is 4.18. The lowest BCUT2D eigenvalue weighted by Gasteiger charge is -2.21.